The maximum atomic E-state index is 13.8. The molecule has 1 saturated heterocycles. The monoisotopic (exact) mass is 377 g/mol. The van der Waals surface area contributed by atoms with E-state index in [1.165, 1.54) is 24.3 Å². The zero-order valence-corrected chi connectivity index (χ0v) is 13.8. The van der Waals surface area contributed by atoms with E-state index < -0.39 is 29.7 Å². The summed E-state index contributed by atoms with van der Waals surface area (Å²) in [6.45, 7) is -0.357. The molecule has 9 heteroatoms. The fourth-order valence-corrected chi connectivity index (χ4v) is 2.67. The van der Waals surface area contributed by atoms with Crippen molar-refractivity contribution in [2.45, 2.75) is 18.4 Å². The molecule has 6 nitrogen and oxygen atoms in total. The molecule has 0 saturated carbocycles. The van der Waals surface area contributed by atoms with E-state index in [0.29, 0.717) is 10.5 Å². The number of imide groups is 1. The normalized spacial score (nSPS) is 19.7. The number of nitrogens with one attached hydrogen (secondary N) is 2. The first-order valence-corrected chi connectivity index (χ1v) is 7.87. The van der Waals surface area contributed by atoms with E-state index in [4.69, 9.17) is 0 Å². The lowest BCUT2D eigenvalue weighted by molar-refractivity contribution is -0.200. The molecule has 140 valence electrons. The van der Waals surface area contributed by atoms with E-state index in [-0.39, 0.29) is 12.1 Å². The molecule has 1 unspecified atom stereocenters. The summed E-state index contributed by atoms with van der Waals surface area (Å²) in [5.41, 5.74) is -3.13. The first kappa shape index (κ1) is 18.4. The largest absolute Gasteiger partial charge is 0.440 e. The lowest BCUT2D eigenvalue weighted by Crippen LogP contribution is -2.69. The summed E-state index contributed by atoms with van der Waals surface area (Å²) in [5, 5.41) is 3.27. The maximum Gasteiger partial charge on any atom is 0.440 e. The highest BCUT2D eigenvalue weighted by atomic mass is 19.4. The molecule has 1 aliphatic rings. The fourth-order valence-electron chi connectivity index (χ4n) is 2.67. The van der Waals surface area contributed by atoms with Crippen LogP contribution in [0.2, 0.25) is 0 Å². The predicted octanol–water partition coefficient (Wildman–Crippen LogP) is 2.43. The summed E-state index contributed by atoms with van der Waals surface area (Å²) in [6.07, 6.45) is -5.24. The van der Waals surface area contributed by atoms with E-state index in [0.717, 1.165) is 0 Å². The summed E-state index contributed by atoms with van der Waals surface area (Å²) in [4.78, 5) is 37.3. The lowest BCUT2D eigenvalue weighted by Gasteiger charge is -2.29. The van der Waals surface area contributed by atoms with Crippen LogP contribution in [0.15, 0.2) is 60.7 Å². The summed E-state index contributed by atoms with van der Waals surface area (Å²) in [7, 11) is 0. The highest BCUT2D eigenvalue weighted by Crippen LogP contribution is 2.34. The second-order valence-corrected chi connectivity index (χ2v) is 5.87. The Labute approximate surface area is 152 Å². The Kier molecular flexibility index (Phi) is 4.61. The molecule has 1 fully saturated rings. The topological polar surface area (TPSA) is 78.5 Å². The third-order valence-electron chi connectivity index (χ3n) is 4.05. The number of benzene rings is 2. The third kappa shape index (κ3) is 3.35. The average molecular weight is 377 g/mol. The Balaban J connectivity index is 1.92. The van der Waals surface area contributed by atoms with Crippen LogP contribution in [-0.2, 0) is 11.3 Å². The summed E-state index contributed by atoms with van der Waals surface area (Å²) >= 11 is 0. The van der Waals surface area contributed by atoms with E-state index in [1.807, 2.05) is 0 Å². The van der Waals surface area contributed by atoms with Crippen LogP contribution in [0, 0.1) is 0 Å². The average Bonchev–Trinajstić information content (AvgIpc) is 2.88. The molecule has 1 heterocycles. The van der Waals surface area contributed by atoms with Crippen LogP contribution in [0.5, 0.6) is 0 Å². The molecule has 2 aromatic carbocycles. The summed E-state index contributed by atoms with van der Waals surface area (Å²) < 4.78 is 41.3. The van der Waals surface area contributed by atoms with Crippen molar-refractivity contribution in [2.24, 2.45) is 0 Å². The van der Waals surface area contributed by atoms with Crippen LogP contribution in [0.1, 0.15) is 15.9 Å². The van der Waals surface area contributed by atoms with Gasteiger partial charge in [0.15, 0.2) is 0 Å². The number of nitrogens with zero attached hydrogens (tertiary/aromatic N) is 1. The number of halogens is 3. The van der Waals surface area contributed by atoms with Crippen molar-refractivity contribution in [3.63, 3.8) is 0 Å². The molecular formula is C18H14F3N3O3. The number of carbonyl (C=O) groups is 3. The Hall–Kier alpha value is -3.36. The van der Waals surface area contributed by atoms with Crippen LogP contribution in [0.3, 0.4) is 0 Å². The molecule has 3 rings (SSSR count). The standard InChI is InChI=1S/C18H14F3N3O3/c19-18(20,21)17(22-14(25)13-9-5-2-6-10-13)15(26)24(16(27)23-17)11-12-7-3-1-4-8-12/h1-10H,11H2,(H,22,25)(H,23,27). The summed E-state index contributed by atoms with van der Waals surface area (Å²) in [5.74, 6) is -2.73. The van der Waals surface area contributed by atoms with Gasteiger partial charge in [0.2, 0.25) is 0 Å². The van der Waals surface area contributed by atoms with Gasteiger partial charge in [-0.2, -0.15) is 13.2 Å². The number of urea groups is 1. The molecule has 0 radical (unpaired) electrons. The molecule has 27 heavy (non-hydrogen) atoms. The molecule has 1 atom stereocenters. The molecular weight excluding hydrogens is 363 g/mol. The second kappa shape index (κ2) is 6.75. The van der Waals surface area contributed by atoms with Gasteiger partial charge in [-0.3, -0.25) is 19.8 Å². The van der Waals surface area contributed by atoms with Gasteiger partial charge in [-0.1, -0.05) is 48.5 Å². The molecule has 0 aromatic heterocycles. The molecule has 1 aliphatic heterocycles. The van der Waals surface area contributed by atoms with Gasteiger partial charge in [-0.25, -0.2) is 4.79 Å². The lowest BCUT2D eigenvalue weighted by atomic mass is 10.1. The van der Waals surface area contributed by atoms with Crippen molar-refractivity contribution in [1.29, 1.82) is 0 Å². The minimum atomic E-state index is -5.24. The maximum absolute atomic E-state index is 13.8. The Bertz CT molecular complexity index is 872. The van der Waals surface area contributed by atoms with Gasteiger partial charge in [0.25, 0.3) is 17.5 Å². The smallest absolute Gasteiger partial charge is 0.314 e. The highest BCUT2D eigenvalue weighted by Gasteiger charge is 2.68. The second-order valence-electron chi connectivity index (χ2n) is 5.87. The number of rotatable bonds is 4. The van der Waals surface area contributed by atoms with E-state index in [2.05, 4.69) is 0 Å². The van der Waals surface area contributed by atoms with Gasteiger partial charge in [-0.15, -0.1) is 0 Å². The Morgan fingerprint density at radius 3 is 2.11 bits per heavy atom. The predicted molar refractivity (Wildman–Crippen MR) is 88.2 cm³/mol. The first-order valence-electron chi connectivity index (χ1n) is 7.87. The highest BCUT2D eigenvalue weighted by molar-refractivity contribution is 6.10. The van der Waals surface area contributed by atoms with Crippen molar-refractivity contribution >= 4 is 17.8 Å². The number of hydrogen-bond acceptors (Lipinski definition) is 3. The zero-order chi connectivity index (χ0) is 19.7. The minimum absolute atomic E-state index is 0.0790. The van der Waals surface area contributed by atoms with Crippen LogP contribution >= 0.6 is 0 Å². The van der Waals surface area contributed by atoms with E-state index in [9.17, 15) is 27.6 Å². The minimum Gasteiger partial charge on any atom is -0.314 e. The van der Waals surface area contributed by atoms with Crippen LogP contribution < -0.4 is 10.6 Å². The number of alkyl halides is 3. The van der Waals surface area contributed by atoms with Gasteiger partial charge in [0.1, 0.15) is 0 Å². The van der Waals surface area contributed by atoms with Crippen molar-refractivity contribution in [2.75, 3.05) is 0 Å². The van der Waals surface area contributed by atoms with Gasteiger partial charge in [0.05, 0.1) is 6.54 Å². The number of hydrogen-bond donors (Lipinski definition) is 2. The summed E-state index contributed by atoms with van der Waals surface area (Å²) in [6, 6.07) is 13.9. The third-order valence-corrected chi connectivity index (χ3v) is 4.05. The molecule has 0 spiro atoms. The van der Waals surface area contributed by atoms with Crippen molar-refractivity contribution in [1.82, 2.24) is 15.5 Å². The molecule has 0 bridgehead atoms. The van der Waals surface area contributed by atoms with Crippen molar-refractivity contribution in [3.8, 4) is 0 Å². The van der Waals surface area contributed by atoms with Gasteiger partial charge in [0, 0.05) is 5.56 Å². The fraction of sp³-hybridized carbons (Fsp3) is 0.167. The molecule has 0 aliphatic carbocycles. The number of carbonyl (C=O) groups excluding carboxylic acids is 3. The van der Waals surface area contributed by atoms with E-state index in [1.54, 1.807) is 47.0 Å². The van der Waals surface area contributed by atoms with Crippen LogP contribution in [0.25, 0.3) is 0 Å². The SMILES string of the molecule is O=C(NC1(C(F)(F)F)NC(=O)N(Cc2ccccc2)C1=O)c1ccccc1. The van der Waals surface area contributed by atoms with Gasteiger partial charge in [-0.05, 0) is 17.7 Å². The van der Waals surface area contributed by atoms with E-state index >= 15 is 0 Å². The quantitative estimate of drug-likeness (QED) is 0.804. The van der Waals surface area contributed by atoms with Crippen LogP contribution in [-0.4, -0.2) is 34.6 Å². The molecule has 4 amide bonds. The van der Waals surface area contributed by atoms with Gasteiger partial charge >= 0.3 is 12.2 Å². The Morgan fingerprint density at radius 1 is 1.00 bits per heavy atom. The first-order chi connectivity index (χ1) is 12.7. The Morgan fingerprint density at radius 2 is 1.56 bits per heavy atom. The van der Waals surface area contributed by atoms with Gasteiger partial charge < -0.3 is 5.32 Å². The zero-order valence-electron chi connectivity index (χ0n) is 13.8. The van der Waals surface area contributed by atoms with Crippen LogP contribution in [0.4, 0.5) is 18.0 Å². The van der Waals surface area contributed by atoms with Crippen molar-refractivity contribution in [3.05, 3.63) is 71.8 Å². The molecule has 2 aromatic rings. The number of amides is 4. The van der Waals surface area contributed by atoms with Crippen molar-refractivity contribution < 1.29 is 27.6 Å². The molecule has 2 N–H and O–H groups in total.